The fourth-order valence-corrected chi connectivity index (χ4v) is 5.38. The number of hydrogen-bond donors (Lipinski definition) is 0. The van der Waals surface area contributed by atoms with Gasteiger partial charge in [0.15, 0.2) is 6.61 Å². The molecule has 156 valence electrons. The van der Waals surface area contributed by atoms with Crippen LogP contribution in [0.1, 0.15) is 0 Å². The molecule has 0 unspecified atom stereocenters. The zero-order valence-corrected chi connectivity index (χ0v) is 17.8. The Morgan fingerprint density at radius 2 is 1.57 bits per heavy atom. The van der Waals surface area contributed by atoms with E-state index in [9.17, 15) is 13.2 Å². The normalized spacial score (nSPS) is 15.3. The van der Waals surface area contributed by atoms with Gasteiger partial charge in [0.05, 0.1) is 5.02 Å². The summed E-state index contributed by atoms with van der Waals surface area (Å²) in [7, 11) is -3.69. The number of halogens is 1. The zero-order chi connectivity index (χ0) is 21.1. The summed E-state index contributed by atoms with van der Waals surface area (Å²) in [4.78, 5) is 14.2. The van der Waals surface area contributed by atoms with Crippen LogP contribution in [-0.2, 0) is 14.8 Å². The van der Waals surface area contributed by atoms with Crippen molar-refractivity contribution in [1.82, 2.24) is 9.21 Å². The van der Waals surface area contributed by atoms with Gasteiger partial charge in [0.1, 0.15) is 10.6 Å². The maximum absolute atomic E-state index is 12.8. The summed E-state index contributed by atoms with van der Waals surface area (Å²) < 4.78 is 32.7. The number of sulfonamides is 1. The van der Waals surface area contributed by atoms with Gasteiger partial charge in [-0.3, -0.25) is 4.79 Å². The van der Waals surface area contributed by atoms with Crippen LogP contribution in [0.5, 0.6) is 5.75 Å². The van der Waals surface area contributed by atoms with Crippen molar-refractivity contribution in [2.75, 3.05) is 32.8 Å². The largest absolute Gasteiger partial charge is 0.484 e. The van der Waals surface area contributed by atoms with Crippen molar-refractivity contribution in [3.63, 3.8) is 0 Å². The number of piperazine rings is 1. The number of fused-ring (bicyclic) bond motifs is 1. The number of hydrogen-bond acceptors (Lipinski definition) is 4. The van der Waals surface area contributed by atoms with Crippen LogP contribution in [0, 0.1) is 0 Å². The van der Waals surface area contributed by atoms with Crippen molar-refractivity contribution in [1.29, 1.82) is 0 Å². The highest BCUT2D eigenvalue weighted by Crippen LogP contribution is 2.25. The average Bonchev–Trinajstić information content (AvgIpc) is 2.77. The highest BCUT2D eigenvalue weighted by Gasteiger charge is 2.31. The molecule has 3 aromatic carbocycles. The highest BCUT2D eigenvalue weighted by atomic mass is 35.5. The van der Waals surface area contributed by atoms with Crippen LogP contribution in [0.15, 0.2) is 71.6 Å². The van der Waals surface area contributed by atoms with E-state index in [4.69, 9.17) is 16.3 Å². The molecule has 0 atom stereocenters. The fraction of sp³-hybridized carbons (Fsp3) is 0.227. The van der Waals surface area contributed by atoms with Gasteiger partial charge in [-0.05, 0) is 35.0 Å². The van der Waals surface area contributed by atoms with Crippen molar-refractivity contribution in [3.8, 4) is 5.75 Å². The molecule has 8 heteroatoms. The van der Waals surface area contributed by atoms with Gasteiger partial charge in [0.2, 0.25) is 10.0 Å². The van der Waals surface area contributed by atoms with Gasteiger partial charge in [-0.2, -0.15) is 4.31 Å². The first-order valence-corrected chi connectivity index (χ1v) is 11.4. The Bertz CT molecular complexity index is 1170. The third-order valence-corrected chi connectivity index (χ3v) is 7.53. The van der Waals surface area contributed by atoms with Crippen LogP contribution in [0.3, 0.4) is 0 Å². The Labute approximate surface area is 180 Å². The van der Waals surface area contributed by atoms with E-state index in [-0.39, 0.29) is 35.5 Å². The summed E-state index contributed by atoms with van der Waals surface area (Å²) in [5, 5.41) is 2.34. The van der Waals surface area contributed by atoms with Crippen LogP contribution in [0.4, 0.5) is 0 Å². The number of nitrogens with zero attached hydrogens (tertiary/aromatic N) is 2. The molecule has 3 aromatic rings. The number of carbonyl (C=O) groups is 1. The van der Waals surface area contributed by atoms with E-state index in [0.29, 0.717) is 18.8 Å². The van der Waals surface area contributed by atoms with Gasteiger partial charge in [-0.15, -0.1) is 0 Å². The monoisotopic (exact) mass is 444 g/mol. The minimum atomic E-state index is -3.69. The fourth-order valence-electron chi connectivity index (χ4n) is 3.46. The minimum Gasteiger partial charge on any atom is -0.484 e. The number of ether oxygens (including phenoxy) is 1. The molecular formula is C22H21ClN2O4S. The van der Waals surface area contributed by atoms with E-state index in [2.05, 4.69) is 0 Å². The number of carbonyl (C=O) groups excluding carboxylic acids is 1. The lowest BCUT2D eigenvalue weighted by Gasteiger charge is -2.34. The molecule has 6 nitrogen and oxygen atoms in total. The molecule has 1 aliphatic heterocycles. The summed E-state index contributed by atoms with van der Waals surface area (Å²) in [6.07, 6.45) is 0. The first-order chi connectivity index (χ1) is 14.4. The van der Waals surface area contributed by atoms with Gasteiger partial charge in [0, 0.05) is 26.2 Å². The molecule has 0 spiro atoms. The maximum atomic E-state index is 12.8. The Morgan fingerprint density at radius 1 is 0.900 bits per heavy atom. The molecule has 0 radical (unpaired) electrons. The average molecular weight is 445 g/mol. The molecule has 0 bridgehead atoms. The Morgan fingerprint density at radius 3 is 2.30 bits per heavy atom. The molecule has 0 saturated carbocycles. The van der Waals surface area contributed by atoms with Crippen LogP contribution in [0.25, 0.3) is 10.8 Å². The Balaban J connectivity index is 1.34. The second-order valence-electron chi connectivity index (χ2n) is 7.01. The van der Waals surface area contributed by atoms with Gasteiger partial charge >= 0.3 is 0 Å². The highest BCUT2D eigenvalue weighted by molar-refractivity contribution is 7.89. The number of benzene rings is 3. The molecular weight excluding hydrogens is 424 g/mol. The second-order valence-corrected chi connectivity index (χ2v) is 9.33. The summed E-state index contributed by atoms with van der Waals surface area (Å²) in [6.45, 7) is 0.966. The van der Waals surface area contributed by atoms with Gasteiger partial charge in [0.25, 0.3) is 5.91 Å². The summed E-state index contributed by atoms with van der Waals surface area (Å²) in [5.74, 6) is 0.458. The van der Waals surface area contributed by atoms with Gasteiger partial charge in [-0.1, -0.05) is 54.1 Å². The van der Waals surface area contributed by atoms with E-state index < -0.39 is 10.0 Å². The molecule has 30 heavy (non-hydrogen) atoms. The van der Waals surface area contributed by atoms with Crippen LogP contribution < -0.4 is 4.74 Å². The number of rotatable bonds is 5. The molecule has 1 aliphatic rings. The van der Waals surface area contributed by atoms with Crippen molar-refractivity contribution in [2.24, 2.45) is 0 Å². The summed E-state index contributed by atoms with van der Waals surface area (Å²) in [6, 6.07) is 20.0. The first kappa shape index (κ1) is 20.7. The lowest BCUT2D eigenvalue weighted by atomic mass is 10.1. The third-order valence-electron chi connectivity index (χ3n) is 5.13. The molecule has 0 aliphatic carbocycles. The number of amides is 1. The van der Waals surface area contributed by atoms with Crippen LogP contribution in [-0.4, -0.2) is 56.3 Å². The van der Waals surface area contributed by atoms with E-state index >= 15 is 0 Å². The smallest absolute Gasteiger partial charge is 0.260 e. The lowest BCUT2D eigenvalue weighted by molar-refractivity contribution is -0.134. The predicted octanol–water partition coefficient (Wildman–Crippen LogP) is 3.41. The lowest BCUT2D eigenvalue weighted by Crippen LogP contribution is -2.51. The molecule has 1 amide bonds. The minimum absolute atomic E-state index is 0.0877. The van der Waals surface area contributed by atoms with Crippen molar-refractivity contribution < 1.29 is 17.9 Å². The summed E-state index contributed by atoms with van der Waals surface area (Å²) >= 11 is 6.06. The quantitative estimate of drug-likeness (QED) is 0.605. The topological polar surface area (TPSA) is 66.9 Å². The molecule has 1 saturated heterocycles. The molecule has 4 rings (SSSR count). The van der Waals surface area contributed by atoms with Crippen LogP contribution >= 0.6 is 11.6 Å². The van der Waals surface area contributed by atoms with Crippen molar-refractivity contribution >= 4 is 38.3 Å². The standard InChI is InChI=1S/C22H21ClN2O4S/c23-20-7-3-4-8-21(20)30(27,28)25-13-11-24(12-14-25)22(26)16-29-19-10-9-17-5-1-2-6-18(17)15-19/h1-10,15H,11-14,16H2. The van der Waals surface area contributed by atoms with Gasteiger partial charge in [-0.25, -0.2) is 8.42 Å². The van der Waals surface area contributed by atoms with Gasteiger partial charge < -0.3 is 9.64 Å². The van der Waals surface area contributed by atoms with E-state index in [1.54, 1.807) is 23.1 Å². The van der Waals surface area contributed by atoms with E-state index in [1.165, 1.54) is 10.4 Å². The third kappa shape index (κ3) is 4.28. The molecule has 0 aromatic heterocycles. The Hall–Kier alpha value is -2.61. The second kappa shape index (κ2) is 8.63. The zero-order valence-electron chi connectivity index (χ0n) is 16.2. The maximum Gasteiger partial charge on any atom is 0.260 e. The van der Waals surface area contributed by atoms with E-state index in [1.807, 2.05) is 42.5 Å². The van der Waals surface area contributed by atoms with E-state index in [0.717, 1.165) is 10.8 Å². The molecule has 0 N–H and O–H groups in total. The van der Waals surface area contributed by atoms with Crippen molar-refractivity contribution in [2.45, 2.75) is 4.90 Å². The summed E-state index contributed by atoms with van der Waals surface area (Å²) in [5.41, 5.74) is 0. The van der Waals surface area contributed by atoms with Crippen LogP contribution in [0.2, 0.25) is 5.02 Å². The first-order valence-electron chi connectivity index (χ1n) is 9.59. The predicted molar refractivity (Wildman–Crippen MR) is 116 cm³/mol. The SMILES string of the molecule is O=C(COc1ccc2ccccc2c1)N1CCN(S(=O)(=O)c2ccccc2Cl)CC1. The molecule has 1 heterocycles. The molecule has 1 fully saturated rings. The Kier molecular flexibility index (Phi) is 5.94. The van der Waals surface area contributed by atoms with Crippen molar-refractivity contribution in [3.05, 3.63) is 71.8 Å².